The molecule has 0 saturated carbocycles. The zero-order valence-electron chi connectivity index (χ0n) is 17.9. The molecule has 3 heterocycles. The predicted octanol–water partition coefficient (Wildman–Crippen LogP) is 0.162. The highest BCUT2D eigenvalue weighted by molar-refractivity contribution is 7.51. The van der Waals surface area contributed by atoms with Gasteiger partial charge in [-0.25, -0.2) is 14.9 Å². The molecule has 12 nitrogen and oxygen atoms in total. The molecular formula is C20H26N5O7P. The number of para-hydroxylation sites is 1. The fourth-order valence-electron chi connectivity index (χ4n) is 3.80. The lowest BCUT2D eigenvalue weighted by molar-refractivity contribution is -0.0434. The molecule has 13 heteroatoms. The van der Waals surface area contributed by atoms with E-state index in [1.165, 1.54) is 15.5 Å². The highest BCUT2D eigenvalue weighted by Gasteiger charge is 2.37. The molecule has 1 aliphatic rings. The van der Waals surface area contributed by atoms with E-state index in [-0.39, 0.29) is 13.0 Å². The number of hydrogen-bond donors (Lipinski definition) is 4. The molecule has 6 N–H and O–H groups in total. The lowest BCUT2D eigenvalue weighted by Crippen LogP contribution is -2.33. The van der Waals surface area contributed by atoms with Gasteiger partial charge in [0.1, 0.15) is 12.3 Å². The number of fused-ring (bicyclic) bond motifs is 1. The van der Waals surface area contributed by atoms with E-state index in [0.717, 1.165) is 10.9 Å². The van der Waals surface area contributed by atoms with Crippen LogP contribution in [0, 0.1) is 6.92 Å². The second-order valence-corrected chi connectivity index (χ2v) is 9.37. The van der Waals surface area contributed by atoms with E-state index in [4.69, 9.17) is 25.1 Å². The lowest BCUT2D eigenvalue weighted by atomic mass is 10.1. The number of nitrogens with one attached hydrogen (secondary N) is 1. The van der Waals surface area contributed by atoms with E-state index in [2.05, 4.69) is 4.98 Å². The van der Waals surface area contributed by atoms with Gasteiger partial charge in [-0.05, 0) is 31.5 Å². The van der Waals surface area contributed by atoms with E-state index in [0.29, 0.717) is 24.0 Å². The van der Waals surface area contributed by atoms with E-state index >= 15 is 0 Å². The summed E-state index contributed by atoms with van der Waals surface area (Å²) in [5, 5.41) is 11.2. The molecular weight excluding hydrogens is 453 g/mol. The first kappa shape index (κ1) is 23.4. The van der Waals surface area contributed by atoms with E-state index < -0.39 is 37.4 Å². The van der Waals surface area contributed by atoms with Crippen LogP contribution in [0.1, 0.15) is 23.8 Å². The third-order valence-electron chi connectivity index (χ3n) is 5.46. The number of aromatic amines is 1. The number of nitrogens with zero attached hydrogens (tertiary/aromatic N) is 2. The highest BCUT2D eigenvalue weighted by atomic mass is 31.2. The SMILES string of the molecule is Cc1cn([C@H]2CC(O)[C@@H](COP(N)(=O)On3cc(CCN)c4ccccc43)O2)c(=O)[nH]c1=O. The zero-order chi connectivity index (χ0) is 23.8. The average molecular weight is 479 g/mol. The van der Waals surface area contributed by atoms with E-state index in [1.807, 2.05) is 12.1 Å². The summed E-state index contributed by atoms with van der Waals surface area (Å²) in [6.07, 6.45) is 0.917. The van der Waals surface area contributed by atoms with Crippen molar-refractivity contribution in [1.29, 1.82) is 0 Å². The Morgan fingerprint density at radius 3 is 2.82 bits per heavy atom. The van der Waals surface area contributed by atoms with Crippen LogP contribution < -0.4 is 27.1 Å². The van der Waals surface area contributed by atoms with E-state index in [9.17, 15) is 19.3 Å². The molecule has 1 aromatic carbocycles. The van der Waals surface area contributed by atoms with Crippen LogP contribution in [0.25, 0.3) is 10.9 Å². The van der Waals surface area contributed by atoms with Crippen LogP contribution >= 0.6 is 7.75 Å². The number of nitrogens with two attached hydrogens (primary N) is 2. The summed E-state index contributed by atoms with van der Waals surface area (Å²) in [6, 6.07) is 7.36. The van der Waals surface area contributed by atoms with Crippen molar-refractivity contribution in [1.82, 2.24) is 14.3 Å². The van der Waals surface area contributed by atoms with Gasteiger partial charge in [-0.1, -0.05) is 18.2 Å². The summed E-state index contributed by atoms with van der Waals surface area (Å²) in [4.78, 5) is 25.8. The Labute approximate surface area is 188 Å². The molecule has 3 aromatic rings. The van der Waals surface area contributed by atoms with Gasteiger partial charge in [0.15, 0.2) is 0 Å². The van der Waals surface area contributed by atoms with Crippen LogP contribution in [0.3, 0.4) is 0 Å². The largest absolute Gasteiger partial charge is 0.474 e. The topological polar surface area (TPSA) is 177 Å². The Morgan fingerprint density at radius 1 is 1.30 bits per heavy atom. The minimum Gasteiger partial charge on any atom is -0.390 e. The Kier molecular flexibility index (Phi) is 6.57. The number of benzene rings is 1. The molecule has 0 aliphatic carbocycles. The number of H-pyrrole nitrogens is 1. The first-order chi connectivity index (χ1) is 15.7. The molecule has 4 atom stereocenters. The number of hydrogen-bond acceptors (Lipinski definition) is 8. The van der Waals surface area contributed by atoms with Gasteiger partial charge >= 0.3 is 13.4 Å². The number of aliphatic hydroxyl groups is 1. The molecule has 0 amide bonds. The molecule has 33 heavy (non-hydrogen) atoms. The molecule has 2 unspecified atom stereocenters. The Bertz CT molecular complexity index is 1320. The van der Waals surface area contributed by atoms with Gasteiger partial charge in [0.25, 0.3) is 5.56 Å². The first-order valence-corrected chi connectivity index (χ1v) is 12.0. The third-order valence-corrected chi connectivity index (χ3v) is 6.37. The monoisotopic (exact) mass is 479 g/mol. The summed E-state index contributed by atoms with van der Waals surface area (Å²) in [5.41, 5.74) is 12.2. The molecule has 4 rings (SSSR count). The van der Waals surface area contributed by atoms with Crippen molar-refractivity contribution in [3.63, 3.8) is 0 Å². The van der Waals surface area contributed by atoms with Crippen molar-refractivity contribution in [2.45, 2.75) is 38.2 Å². The summed E-state index contributed by atoms with van der Waals surface area (Å²) in [6.45, 7) is 1.64. The summed E-state index contributed by atoms with van der Waals surface area (Å²) >= 11 is 0. The fraction of sp³-hybridized carbons (Fsp3) is 0.400. The standard InChI is InChI=1S/C20H26N5O7P/c1-12-9-24(20(28)23-19(12)27)18-8-16(26)17(31-18)11-30-33(22,29)32-25-10-13(6-7-21)14-4-2-3-5-15(14)25/h2-5,9-10,16-18,26H,6-8,11,21H2,1H3,(H2,22,29)(H,23,27,28)/t16?,17-,18-,33?/m1/s1. The molecule has 1 fully saturated rings. The summed E-state index contributed by atoms with van der Waals surface area (Å²) in [7, 11) is -4.09. The van der Waals surface area contributed by atoms with Crippen LogP contribution in [0.2, 0.25) is 0 Å². The summed E-state index contributed by atoms with van der Waals surface area (Å²) < 4.78 is 31.7. The van der Waals surface area contributed by atoms with Gasteiger partial charge in [-0.3, -0.25) is 18.9 Å². The molecule has 1 aliphatic heterocycles. The van der Waals surface area contributed by atoms with Crippen molar-refractivity contribution in [3.8, 4) is 0 Å². The Morgan fingerprint density at radius 2 is 2.06 bits per heavy atom. The van der Waals surface area contributed by atoms with Crippen LogP contribution in [0.4, 0.5) is 0 Å². The number of rotatable bonds is 8. The Hall–Kier alpha value is -2.73. The van der Waals surface area contributed by atoms with Gasteiger partial charge < -0.3 is 20.2 Å². The van der Waals surface area contributed by atoms with E-state index in [1.54, 1.807) is 25.3 Å². The van der Waals surface area contributed by atoms with Crippen molar-refractivity contribution in [2.24, 2.45) is 11.2 Å². The molecule has 0 bridgehead atoms. The van der Waals surface area contributed by atoms with Crippen molar-refractivity contribution in [2.75, 3.05) is 13.2 Å². The van der Waals surface area contributed by atoms with Crippen LogP contribution in [-0.4, -0.2) is 44.7 Å². The predicted molar refractivity (Wildman–Crippen MR) is 120 cm³/mol. The Balaban J connectivity index is 1.44. The van der Waals surface area contributed by atoms with Crippen LogP contribution in [-0.2, 0) is 20.2 Å². The van der Waals surface area contributed by atoms with Crippen molar-refractivity contribution >= 4 is 18.6 Å². The van der Waals surface area contributed by atoms with Crippen molar-refractivity contribution in [3.05, 3.63) is 68.6 Å². The second-order valence-electron chi connectivity index (χ2n) is 7.86. The molecule has 1 saturated heterocycles. The quantitative estimate of drug-likeness (QED) is 0.328. The maximum absolute atomic E-state index is 12.8. The normalized spacial score (nSPS) is 22.5. The fourth-order valence-corrected chi connectivity index (χ4v) is 4.58. The number of aryl methyl sites for hydroxylation is 1. The minimum absolute atomic E-state index is 0.0693. The average Bonchev–Trinajstić information content (AvgIpc) is 3.30. The smallest absolute Gasteiger partial charge is 0.390 e. The lowest BCUT2D eigenvalue weighted by Gasteiger charge is -2.19. The van der Waals surface area contributed by atoms with Gasteiger partial charge in [-0.15, -0.1) is 0 Å². The van der Waals surface area contributed by atoms with Crippen LogP contribution in [0.5, 0.6) is 0 Å². The van der Waals surface area contributed by atoms with Crippen molar-refractivity contribution < 1.29 is 23.6 Å². The maximum Gasteiger partial charge on any atom is 0.474 e. The number of ether oxygens (including phenoxy) is 1. The molecule has 0 radical (unpaired) electrons. The van der Waals surface area contributed by atoms with Gasteiger partial charge in [0.05, 0.1) is 18.2 Å². The number of aliphatic hydroxyl groups excluding tert-OH is 1. The highest BCUT2D eigenvalue weighted by Crippen LogP contribution is 2.39. The van der Waals surface area contributed by atoms with Crippen LogP contribution in [0.15, 0.2) is 46.2 Å². The second kappa shape index (κ2) is 9.26. The zero-order valence-corrected chi connectivity index (χ0v) is 18.8. The summed E-state index contributed by atoms with van der Waals surface area (Å²) in [5.74, 6) is 0. The number of aromatic nitrogens is 3. The van der Waals surface area contributed by atoms with Gasteiger partial charge in [0.2, 0.25) is 0 Å². The van der Waals surface area contributed by atoms with Gasteiger partial charge in [-0.2, -0.15) is 4.73 Å². The molecule has 2 aromatic heterocycles. The minimum atomic E-state index is -4.09. The maximum atomic E-state index is 12.8. The first-order valence-electron chi connectivity index (χ1n) is 10.4. The third kappa shape index (κ3) is 4.96. The molecule has 178 valence electrons. The van der Waals surface area contributed by atoms with Gasteiger partial charge in [0, 0.05) is 29.8 Å². The molecule has 0 spiro atoms.